The van der Waals surface area contributed by atoms with Gasteiger partial charge in [-0.25, -0.2) is 13.1 Å². The summed E-state index contributed by atoms with van der Waals surface area (Å²) in [6, 6.07) is 15.5. The molecule has 22 heavy (non-hydrogen) atoms. The number of sulfonamides is 1. The second-order valence-electron chi connectivity index (χ2n) is 5.70. The first-order valence-electron chi connectivity index (χ1n) is 7.48. The van der Waals surface area contributed by atoms with Crippen molar-refractivity contribution in [1.29, 1.82) is 0 Å². The van der Waals surface area contributed by atoms with Crippen LogP contribution in [0.25, 0.3) is 0 Å². The normalized spacial score (nSPS) is 17.0. The Morgan fingerprint density at radius 2 is 1.95 bits per heavy atom. The van der Waals surface area contributed by atoms with E-state index < -0.39 is 10.0 Å². The van der Waals surface area contributed by atoms with Crippen LogP contribution in [0.5, 0.6) is 0 Å². The van der Waals surface area contributed by atoms with E-state index >= 15 is 0 Å². The van der Waals surface area contributed by atoms with Gasteiger partial charge in [-0.15, -0.1) is 0 Å². The summed E-state index contributed by atoms with van der Waals surface area (Å²) < 4.78 is 27.4. The lowest BCUT2D eigenvalue weighted by Gasteiger charge is -2.08. The summed E-state index contributed by atoms with van der Waals surface area (Å²) in [5.41, 5.74) is 3.23. The van der Waals surface area contributed by atoms with Crippen LogP contribution in [0.4, 0.5) is 5.69 Å². The van der Waals surface area contributed by atoms with Crippen LogP contribution in [0, 0.1) is 0 Å². The Labute approximate surface area is 131 Å². The number of nitrogens with one attached hydrogen (secondary N) is 2. The number of anilines is 1. The van der Waals surface area contributed by atoms with Gasteiger partial charge >= 0.3 is 0 Å². The van der Waals surface area contributed by atoms with Crippen molar-refractivity contribution in [2.45, 2.75) is 30.7 Å². The third-order valence-corrected chi connectivity index (χ3v) is 5.32. The maximum atomic E-state index is 12.4. The molecule has 2 N–H and O–H groups in total. The van der Waals surface area contributed by atoms with E-state index in [0.717, 1.165) is 23.2 Å². The van der Waals surface area contributed by atoms with Gasteiger partial charge in [0.1, 0.15) is 0 Å². The number of fused-ring (bicyclic) bond motifs is 1. The SMILES string of the molecule is C[C@H]1Cc2cc(S(=O)(=O)NCCc3ccccc3)ccc2N1. The van der Waals surface area contributed by atoms with Crippen LogP contribution >= 0.6 is 0 Å². The molecule has 0 amide bonds. The first kappa shape index (κ1) is 15.1. The zero-order valence-corrected chi connectivity index (χ0v) is 13.4. The monoisotopic (exact) mass is 316 g/mol. The summed E-state index contributed by atoms with van der Waals surface area (Å²) >= 11 is 0. The van der Waals surface area contributed by atoms with Gasteiger partial charge < -0.3 is 5.32 Å². The Bertz CT molecular complexity index is 757. The number of benzene rings is 2. The molecule has 0 radical (unpaired) electrons. The minimum Gasteiger partial charge on any atom is -0.382 e. The minimum atomic E-state index is -3.45. The van der Waals surface area contributed by atoms with Crippen LogP contribution in [0.15, 0.2) is 53.4 Å². The predicted octanol–water partition coefficient (Wildman–Crippen LogP) is 2.56. The van der Waals surface area contributed by atoms with Crippen molar-refractivity contribution >= 4 is 15.7 Å². The third-order valence-electron chi connectivity index (χ3n) is 3.86. The first-order valence-corrected chi connectivity index (χ1v) is 8.96. The molecular formula is C17H20N2O2S. The summed E-state index contributed by atoms with van der Waals surface area (Å²) in [5, 5.41) is 3.33. The molecule has 0 aromatic heterocycles. The van der Waals surface area contributed by atoms with Crippen molar-refractivity contribution < 1.29 is 8.42 Å². The van der Waals surface area contributed by atoms with E-state index in [4.69, 9.17) is 0 Å². The molecule has 1 heterocycles. The summed E-state index contributed by atoms with van der Waals surface area (Å²) in [6.07, 6.45) is 1.55. The fraction of sp³-hybridized carbons (Fsp3) is 0.294. The number of rotatable bonds is 5. The lowest BCUT2D eigenvalue weighted by atomic mass is 10.1. The van der Waals surface area contributed by atoms with Gasteiger partial charge in [-0.3, -0.25) is 0 Å². The van der Waals surface area contributed by atoms with Crippen LogP contribution < -0.4 is 10.0 Å². The van der Waals surface area contributed by atoms with E-state index in [1.54, 1.807) is 12.1 Å². The lowest BCUT2D eigenvalue weighted by molar-refractivity contribution is 0.581. The van der Waals surface area contributed by atoms with Crippen molar-refractivity contribution in [2.24, 2.45) is 0 Å². The van der Waals surface area contributed by atoms with Crippen LogP contribution in [0.3, 0.4) is 0 Å². The van der Waals surface area contributed by atoms with E-state index in [0.29, 0.717) is 23.9 Å². The molecular weight excluding hydrogens is 296 g/mol. The summed E-state index contributed by atoms with van der Waals surface area (Å²) in [5.74, 6) is 0. The molecule has 4 nitrogen and oxygen atoms in total. The fourth-order valence-electron chi connectivity index (χ4n) is 2.75. The van der Waals surface area contributed by atoms with Crippen molar-refractivity contribution in [2.75, 3.05) is 11.9 Å². The van der Waals surface area contributed by atoms with E-state index in [1.165, 1.54) is 0 Å². The van der Waals surface area contributed by atoms with E-state index in [2.05, 4.69) is 17.0 Å². The van der Waals surface area contributed by atoms with Crippen molar-refractivity contribution in [1.82, 2.24) is 4.72 Å². The van der Waals surface area contributed by atoms with Gasteiger partial charge in [0.2, 0.25) is 10.0 Å². The molecule has 3 rings (SSSR count). The summed E-state index contributed by atoms with van der Waals surface area (Å²) in [7, 11) is -3.45. The maximum Gasteiger partial charge on any atom is 0.240 e. The Balaban J connectivity index is 1.67. The highest BCUT2D eigenvalue weighted by atomic mass is 32.2. The number of hydrogen-bond acceptors (Lipinski definition) is 3. The van der Waals surface area contributed by atoms with Gasteiger partial charge in [0, 0.05) is 18.3 Å². The molecule has 5 heteroatoms. The average molecular weight is 316 g/mol. The standard InChI is InChI=1S/C17H20N2O2S/c1-13-11-15-12-16(7-8-17(15)19-13)22(20,21)18-10-9-14-5-3-2-4-6-14/h2-8,12-13,18-19H,9-11H2,1H3/t13-/m0/s1. The molecule has 1 aliphatic rings. The second kappa shape index (κ2) is 6.10. The van der Waals surface area contributed by atoms with Crippen LogP contribution in [0.2, 0.25) is 0 Å². The largest absolute Gasteiger partial charge is 0.382 e. The molecule has 0 fully saturated rings. The van der Waals surface area contributed by atoms with Crippen LogP contribution in [0.1, 0.15) is 18.1 Å². The topological polar surface area (TPSA) is 58.2 Å². The average Bonchev–Trinajstić information content (AvgIpc) is 2.87. The van der Waals surface area contributed by atoms with E-state index in [1.807, 2.05) is 36.4 Å². The second-order valence-corrected chi connectivity index (χ2v) is 7.47. The van der Waals surface area contributed by atoms with Gasteiger partial charge in [0.25, 0.3) is 0 Å². The summed E-state index contributed by atoms with van der Waals surface area (Å²) in [4.78, 5) is 0.343. The Morgan fingerprint density at radius 3 is 2.73 bits per heavy atom. The molecule has 0 saturated carbocycles. The summed E-state index contributed by atoms with van der Waals surface area (Å²) in [6.45, 7) is 2.49. The molecule has 2 aromatic carbocycles. The van der Waals surface area contributed by atoms with Crippen LogP contribution in [-0.4, -0.2) is 21.0 Å². The van der Waals surface area contributed by atoms with Crippen molar-refractivity contribution in [3.8, 4) is 0 Å². The van der Waals surface area contributed by atoms with Crippen LogP contribution in [-0.2, 0) is 22.9 Å². The molecule has 1 atom stereocenters. The van der Waals surface area contributed by atoms with Gasteiger partial charge in [-0.1, -0.05) is 30.3 Å². The molecule has 2 aromatic rings. The Hall–Kier alpha value is -1.85. The van der Waals surface area contributed by atoms with Crippen molar-refractivity contribution in [3.63, 3.8) is 0 Å². The fourth-order valence-corrected chi connectivity index (χ4v) is 3.83. The number of hydrogen-bond donors (Lipinski definition) is 2. The van der Waals surface area contributed by atoms with Gasteiger partial charge in [-0.2, -0.15) is 0 Å². The Morgan fingerprint density at radius 1 is 1.18 bits per heavy atom. The molecule has 0 unspecified atom stereocenters. The zero-order valence-electron chi connectivity index (χ0n) is 12.5. The zero-order chi connectivity index (χ0) is 15.6. The van der Waals surface area contributed by atoms with E-state index in [-0.39, 0.29) is 0 Å². The van der Waals surface area contributed by atoms with Crippen molar-refractivity contribution in [3.05, 3.63) is 59.7 Å². The lowest BCUT2D eigenvalue weighted by Crippen LogP contribution is -2.26. The first-order chi connectivity index (χ1) is 10.5. The highest BCUT2D eigenvalue weighted by molar-refractivity contribution is 7.89. The molecule has 0 bridgehead atoms. The highest BCUT2D eigenvalue weighted by Crippen LogP contribution is 2.27. The molecule has 0 saturated heterocycles. The van der Waals surface area contributed by atoms with Gasteiger partial charge in [0.15, 0.2) is 0 Å². The smallest absolute Gasteiger partial charge is 0.240 e. The third kappa shape index (κ3) is 3.31. The van der Waals surface area contributed by atoms with E-state index in [9.17, 15) is 8.42 Å². The molecule has 0 spiro atoms. The molecule has 0 aliphatic carbocycles. The molecule has 1 aliphatic heterocycles. The quantitative estimate of drug-likeness (QED) is 0.891. The highest BCUT2D eigenvalue weighted by Gasteiger charge is 2.20. The predicted molar refractivity (Wildman–Crippen MR) is 88.6 cm³/mol. The Kier molecular flexibility index (Phi) is 4.18. The molecule has 116 valence electrons. The van der Waals surface area contributed by atoms with Gasteiger partial charge in [-0.05, 0) is 49.1 Å². The maximum absolute atomic E-state index is 12.4. The minimum absolute atomic E-state index is 0.343. The van der Waals surface area contributed by atoms with Gasteiger partial charge in [0.05, 0.1) is 4.90 Å².